The lowest BCUT2D eigenvalue weighted by atomic mass is 9.97. The van der Waals surface area contributed by atoms with Crippen LogP contribution in [-0.4, -0.2) is 53.6 Å². The fourth-order valence-electron chi connectivity index (χ4n) is 3.86. The average Bonchev–Trinajstić information content (AvgIpc) is 3.02. The van der Waals surface area contributed by atoms with E-state index in [1.165, 1.54) is 10.4 Å². The first kappa shape index (κ1) is 16.0. The zero-order chi connectivity index (χ0) is 15.5. The lowest BCUT2D eigenvalue weighted by molar-refractivity contribution is -0.136. The summed E-state index contributed by atoms with van der Waals surface area (Å²) in [7, 11) is 0. The van der Waals surface area contributed by atoms with Crippen molar-refractivity contribution >= 4 is 17.2 Å². The monoisotopic (exact) mass is 322 g/mol. The third-order valence-electron chi connectivity index (χ3n) is 5.02. The van der Waals surface area contributed by atoms with Gasteiger partial charge in [0.25, 0.3) is 0 Å². The number of aliphatic hydroxyl groups excluding tert-OH is 1. The summed E-state index contributed by atoms with van der Waals surface area (Å²) in [5.41, 5.74) is 1.36. The minimum atomic E-state index is 0.240. The molecule has 0 spiro atoms. The summed E-state index contributed by atoms with van der Waals surface area (Å²) in [4.78, 5) is 18.5. The molecule has 1 amide bonds. The van der Waals surface area contributed by atoms with Crippen molar-refractivity contribution in [1.29, 1.82) is 0 Å². The van der Waals surface area contributed by atoms with Crippen molar-refractivity contribution in [2.75, 3.05) is 32.8 Å². The number of hydrogen-bond acceptors (Lipinski definition) is 4. The molecule has 22 heavy (non-hydrogen) atoms. The van der Waals surface area contributed by atoms with E-state index >= 15 is 0 Å². The maximum Gasteiger partial charge on any atom is 0.237 e. The van der Waals surface area contributed by atoms with Crippen molar-refractivity contribution in [3.63, 3.8) is 0 Å². The predicted octanol–water partition coefficient (Wildman–Crippen LogP) is 2.29. The zero-order valence-corrected chi connectivity index (χ0v) is 14.1. The number of rotatable bonds is 4. The quantitative estimate of drug-likeness (QED) is 0.925. The molecule has 3 rings (SSSR count). The Morgan fingerprint density at radius 1 is 1.45 bits per heavy atom. The van der Waals surface area contributed by atoms with Crippen LogP contribution in [0.15, 0.2) is 11.4 Å². The Morgan fingerprint density at radius 3 is 3.09 bits per heavy atom. The van der Waals surface area contributed by atoms with Gasteiger partial charge in [-0.3, -0.25) is 9.69 Å². The number of amides is 1. The van der Waals surface area contributed by atoms with E-state index < -0.39 is 0 Å². The molecule has 1 N–H and O–H groups in total. The summed E-state index contributed by atoms with van der Waals surface area (Å²) < 4.78 is 0. The van der Waals surface area contributed by atoms with Crippen molar-refractivity contribution in [3.05, 3.63) is 21.9 Å². The minimum Gasteiger partial charge on any atom is -0.396 e. The van der Waals surface area contributed by atoms with Crippen molar-refractivity contribution in [3.8, 4) is 0 Å². The van der Waals surface area contributed by atoms with E-state index in [4.69, 9.17) is 0 Å². The molecule has 1 fully saturated rings. The second kappa shape index (κ2) is 7.11. The van der Waals surface area contributed by atoms with E-state index in [2.05, 4.69) is 28.2 Å². The number of fused-ring (bicyclic) bond motifs is 1. The summed E-state index contributed by atoms with van der Waals surface area (Å²) >= 11 is 1.82. The fourth-order valence-corrected chi connectivity index (χ4v) is 4.79. The highest BCUT2D eigenvalue weighted by atomic mass is 32.1. The van der Waals surface area contributed by atoms with Crippen molar-refractivity contribution in [2.45, 2.75) is 38.6 Å². The van der Waals surface area contributed by atoms with Crippen LogP contribution in [0.4, 0.5) is 0 Å². The van der Waals surface area contributed by atoms with Crippen LogP contribution in [0.3, 0.4) is 0 Å². The summed E-state index contributed by atoms with van der Waals surface area (Å²) in [5, 5.41) is 11.5. The van der Waals surface area contributed by atoms with Gasteiger partial charge in [-0.15, -0.1) is 11.3 Å². The van der Waals surface area contributed by atoms with Crippen LogP contribution < -0.4 is 0 Å². The molecular weight excluding hydrogens is 296 g/mol. The van der Waals surface area contributed by atoms with E-state index in [1.54, 1.807) is 0 Å². The highest BCUT2D eigenvalue weighted by Gasteiger charge is 2.31. The van der Waals surface area contributed by atoms with Crippen LogP contribution in [-0.2, 0) is 11.2 Å². The fraction of sp³-hybridized carbons (Fsp3) is 0.706. The number of likely N-dealkylation sites (tertiary alicyclic amines) is 1. The summed E-state index contributed by atoms with van der Waals surface area (Å²) in [5.74, 6) is 0.593. The van der Waals surface area contributed by atoms with Crippen molar-refractivity contribution in [2.24, 2.45) is 5.92 Å². The number of nitrogens with zero attached hydrogens (tertiary/aromatic N) is 2. The molecule has 1 aromatic heterocycles. The molecule has 0 saturated carbocycles. The van der Waals surface area contributed by atoms with Gasteiger partial charge in [-0.05, 0) is 55.2 Å². The molecule has 2 atom stereocenters. The maximum absolute atomic E-state index is 12.8. The van der Waals surface area contributed by atoms with E-state index in [-0.39, 0.29) is 18.6 Å². The summed E-state index contributed by atoms with van der Waals surface area (Å²) in [6.07, 6.45) is 4.15. The van der Waals surface area contributed by atoms with Gasteiger partial charge in [0.15, 0.2) is 0 Å². The molecule has 4 nitrogen and oxygen atoms in total. The molecule has 122 valence electrons. The van der Waals surface area contributed by atoms with Gasteiger partial charge >= 0.3 is 0 Å². The van der Waals surface area contributed by atoms with E-state index in [0.29, 0.717) is 12.5 Å². The molecule has 0 radical (unpaired) electrons. The lowest BCUT2D eigenvalue weighted by Crippen LogP contribution is -2.47. The zero-order valence-electron chi connectivity index (χ0n) is 13.3. The van der Waals surface area contributed by atoms with E-state index in [0.717, 1.165) is 45.3 Å². The second-order valence-corrected chi connectivity index (χ2v) is 7.49. The third kappa shape index (κ3) is 3.21. The van der Waals surface area contributed by atoms with E-state index in [9.17, 15) is 9.90 Å². The van der Waals surface area contributed by atoms with Crippen LogP contribution in [0.2, 0.25) is 0 Å². The second-order valence-electron chi connectivity index (χ2n) is 6.49. The maximum atomic E-state index is 12.8. The number of thiophene rings is 1. The van der Waals surface area contributed by atoms with Crippen LogP contribution in [0.1, 0.15) is 42.7 Å². The predicted molar refractivity (Wildman–Crippen MR) is 89.0 cm³/mol. The molecule has 2 unspecified atom stereocenters. The first-order valence-electron chi connectivity index (χ1n) is 8.41. The minimum absolute atomic E-state index is 0.240. The number of piperidine rings is 1. The lowest BCUT2D eigenvalue weighted by Gasteiger charge is -2.38. The summed E-state index contributed by atoms with van der Waals surface area (Å²) in [6, 6.07) is 2.44. The highest BCUT2D eigenvalue weighted by Crippen LogP contribution is 2.35. The van der Waals surface area contributed by atoms with Gasteiger partial charge in [0.05, 0.1) is 12.6 Å². The van der Waals surface area contributed by atoms with Crippen LogP contribution in [0, 0.1) is 5.92 Å². The highest BCUT2D eigenvalue weighted by molar-refractivity contribution is 7.10. The van der Waals surface area contributed by atoms with Gasteiger partial charge < -0.3 is 10.0 Å². The molecule has 0 bridgehead atoms. The van der Waals surface area contributed by atoms with Gasteiger partial charge in [-0.2, -0.15) is 0 Å². The number of aliphatic hydroxyl groups is 1. The molecule has 3 heterocycles. The standard InChI is InChI=1S/C17H26N2O2S/c1-2-15-14-6-9-22-16(14)5-8-19(15)17(21)11-18-7-3-4-13(10-18)12-20/h6,9,13,15,20H,2-5,7-8,10-12H2,1H3. The van der Waals surface area contributed by atoms with Crippen LogP contribution in [0.25, 0.3) is 0 Å². The molecule has 1 aromatic rings. The normalized spacial score (nSPS) is 26.0. The van der Waals surface area contributed by atoms with Crippen LogP contribution in [0.5, 0.6) is 0 Å². The average molecular weight is 322 g/mol. The van der Waals surface area contributed by atoms with Gasteiger partial charge in [-0.1, -0.05) is 6.92 Å². The molecule has 0 aliphatic carbocycles. The topological polar surface area (TPSA) is 43.8 Å². The Labute approximate surface area is 136 Å². The molecule has 2 aliphatic heterocycles. The smallest absolute Gasteiger partial charge is 0.237 e. The summed E-state index contributed by atoms with van der Waals surface area (Å²) in [6.45, 7) is 5.60. The first-order chi connectivity index (χ1) is 10.7. The largest absolute Gasteiger partial charge is 0.396 e. The molecule has 1 saturated heterocycles. The van der Waals surface area contributed by atoms with Gasteiger partial charge in [0, 0.05) is 24.6 Å². The SMILES string of the molecule is CCC1c2ccsc2CCN1C(=O)CN1CCCC(CO)C1. The number of hydrogen-bond donors (Lipinski definition) is 1. The Morgan fingerprint density at radius 2 is 2.32 bits per heavy atom. The van der Waals surface area contributed by atoms with Crippen molar-refractivity contribution in [1.82, 2.24) is 9.80 Å². The van der Waals surface area contributed by atoms with Gasteiger partial charge in [0.1, 0.15) is 0 Å². The Hall–Kier alpha value is -0.910. The van der Waals surface area contributed by atoms with Crippen LogP contribution >= 0.6 is 11.3 Å². The Kier molecular flexibility index (Phi) is 5.16. The number of carbonyl (C=O) groups is 1. The Balaban J connectivity index is 1.65. The number of carbonyl (C=O) groups excluding carboxylic acids is 1. The van der Waals surface area contributed by atoms with E-state index in [1.807, 2.05) is 11.3 Å². The van der Waals surface area contributed by atoms with Gasteiger partial charge in [0.2, 0.25) is 5.91 Å². The Bertz CT molecular complexity index is 517. The first-order valence-corrected chi connectivity index (χ1v) is 9.29. The molecule has 2 aliphatic rings. The third-order valence-corrected chi connectivity index (χ3v) is 6.02. The van der Waals surface area contributed by atoms with Gasteiger partial charge in [-0.25, -0.2) is 0 Å². The molecule has 0 aromatic carbocycles. The molecular formula is C17H26N2O2S. The molecule has 5 heteroatoms. The van der Waals surface area contributed by atoms with Crippen molar-refractivity contribution < 1.29 is 9.90 Å².